The number of ether oxygens (including phenoxy) is 1. The molecule has 1 aliphatic rings. The lowest BCUT2D eigenvalue weighted by atomic mass is 10.2. The molecule has 1 saturated heterocycles. The highest BCUT2D eigenvalue weighted by Crippen LogP contribution is 2.34. The number of carbonyl (C=O) groups excluding carboxylic acids is 4. The van der Waals surface area contributed by atoms with Crippen molar-refractivity contribution in [1.82, 2.24) is 0 Å². The molecule has 0 aliphatic carbocycles. The number of carbonyl (C=O) groups is 4. The minimum absolute atomic E-state index is 0.0649. The van der Waals surface area contributed by atoms with Gasteiger partial charge in [-0.15, -0.1) is 11.8 Å². The summed E-state index contributed by atoms with van der Waals surface area (Å²) in [6.07, 6.45) is 0.0649. The average Bonchev–Trinajstić information content (AvgIpc) is 3.12. The normalized spacial score (nSPS) is 15.3. The molecule has 0 bridgehead atoms. The fourth-order valence-corrected chi connectivity index (χ4v) is 4.54. The number of anilines is 2. The molecule has 1 fully saturated rings. The predicted octanol–water partition coefficient (Wildman–Crippen LogP) is 3.47. The van der Waals surface area contributed by atoms with Gasteiger partial charge in [0.05, 0.1) is 18.0 Å². The van der Waals surface area contributed by atoms with E-state index >= 15 is 0 Å². The van der Waals surface area contributed by atoms with Gasteiger partial charge in [-0.2, -0.15) is 0 Å². The van der Waals surface area contributed by atoms with E-state index in [4.69, 9.17) is 10.5 Å². The number of hydrogen-bond donors (Lipinski definition) is 2. The van der Waals surface area contributed by atoms with Crippen molar-refractivity contribution >= 4 is 46.8 Å². The summed E-state index contributed by atoms with van der Waals surface area (Å²) in [5.74, 6) is -0.891. The molecule has 4 rings (SSSR count). The maximum atomic E-state index is 12.9. The highest BCUT2D eigenvalue weighted by molar-refractivity contribution is 8.00. The Hall–Kier alpha value is -4.11. The molecule has 0 saturated carbocycles. The van der Waals surface area contributed by atoms with Crippen molar-refractivity contribution in [2.75, 3.05) is 17.3 Å². The third-order valence-corrected chi connectivity index (χ3v) is 6.43. The molecule has 1 aliphatic heterocycles. The van der Waals surface area contributed by atoms with Crippen LogP contribution in [0, 0.1) is 0 Å². The van der Waals surface area contributed by atoms with Crippen LogP contribution < -0.4 is 20.7 Å². The first-order valence-electron chi connectivity index (χ1n) is 10.3. The number of amides is 4. The molecule has 34 heavy (non-hydrogen) atoms. The number of thioether (sulfide) groups is 1. The third-order valence-electron chi connectivity index (χ3n) is 5.24. The Kier molecular flexibility index (Phi) is 6.65. The van der Waals surface area contributed by atoms with Crippen LogP contribution in [0.1, 0.15) is 27.1 Å². The van der Waals surface area contributed by atoms with Crippen molar-refractivity contribution in [3.8, 4) is 5.75 Å². The number of imide groups is 1. The van der Waals surface area contributed by atoms with Crippen LogP contribution in [0.2, 0.25) is 0 Å². The Bertz CT molecular complexity index is 1260. The van der Waals surface area contributed by atoms with Gasteiger partial charge in [-0.05, 0) is 66.7 Å². The van der Waals surface area contributed by atoms with Gasteiger partial charge in [-0.3, -0.25) is 19.2 Å². The van der Waals surface area contributed by atoms with Gasteiger partial charge in [-0.1, -0.05) is 6.07 Å². The lowest BCUT2D eigenvalue weighted by Crippen LogP contribution is -2.31. The summed E-state index contributed by atoms with van der Waals surface area (Å²) >= 11 is 1.28. The van der Waals surface area contributed by atoms with Crippen molar-refractivity contribution in [3.05, 3.63) is 83.9 Å². The quantitative estimate of drug-likeness (QED) is 0.505. The van der Waals surface area contributed by atoms with Gasteiger partial charge in [0.25, 0.3) is 5.91 Å². The zero-order chi connectivity index (χ0) is 24.2. The van der Waals surface area contributed by atoms with Gasteiger partial charge in [0.15, 0.2) is 0 Å². The van der Waals surface area contributed by atoms with Crippen LogP contribution in [0.15, 0.2) is 77.7 Å². The van der Waals surface area contributed by atoms with Crippen LogP contribution in [0.4, 0.5) is 11.4 Å². The molecule has 3 aromatic carbocycles. The Morgan fingerprint density at radius 2 is 1.71 bits per heavy atom. The molecule has 4 amide bonds. The predicted molar refractivity (Wildman–Crippen MR) is 129 cm³/mol. The standard InChI is InChI=1S/C25H21N3O5S/c1-33-19-4-2-3-16(13-19)24(31)27-17-7-11-20(12-8-17)34-21-14-22(29)28(25(21)32)18-9-5-15(6-10-18)23(26)30/h2-13,21H,14H2,1H3,(H2,26,30)(H,27,31). The highest BCUT2D eigenvalue weighted by Gasteiger charge is 2.40. The second-order valence-electron chi connectivity index (χ2n) is 7.50. The summed E-state index contributed by atoms with van der Waals surface area (Å²) in [6.45, 7) is 0. The second kappa shape index (κ2) is 9.80. The zero-order valence-electron chi connectivity index (χ0n) is 18.2. The second-order valence-corrected chi connectivity index (χ2v) is 8.78. The maximum Gasteiger partial charge on any atom is 0.255 e. The molecule has 0 spiro atoms. The van der Waals surface area contributed by atoms with Gasteiger partial charge < -0.3 is 15.8 Å². The number of methoxy groups -OCH3 is 1. The van der Waals surface area contributed by atoms with Crippen molar-refractivity contribution in [3.63, 3.8) is 0 Å². The molecular formula is C25H21N3O5S. The van der Waals surface area contributed by atoms with Crippen LogP contribution in [-0.2, 0) is 9.59 Å². The Morgan fingerprint density at radius 3 is 2.35 bits per heavy atom. The molecule has 3 aromatic rings. The van der Waals surface area contributed by atoms with Crippen molar-refractivity contribution < 1.29 is 23.9 Å². The van der Waals surface area contributed by atoms with E-state index in [-0.39, 0.29) is 24.1 Å². The molecule has 0 aromatic heterocycles. The molecule has 9 heteroatoms. The van der Waals surface area contributed by atoms with E-state index in [2.05, 4.69) is 5.32 Å². The van der Waals surface area contributed by atoms with Crippen LogP contribution in [0.25, 0.3) is 0 Å². The molecule has 1 heterocycles. The van der Waals surface area contributed by atoms with Crippen LogP contribution in [0.3, 0.4) is 0 Å². The third kappa shape index (κ3) is 4.94. The Labute approximate surface area is 200 Å². The van der Waals surface area contributed by atoms with Gasteiger partial charge in [0.1, 0.15) is 5.75 Å². The van der Waals surface area contributed by atoms with E-state index < -0.39 is 11.2 Å². The first-order valence-corrected chi connectivity index (χ1v) is 11.2. The summed E-state index contributed by atoms with van der Waals surface area (Å²) in [7, 11) is 1.54. The SMILES string of the molecule is COc1cccc(C(=O)Nc2ccc(SC3CC(=O)N(c4ccc(C(N)=O)cc4)C3=O)cc2)c1. The molecular weight excluding hydrogens is 454 g/mol. The molecule has 8 nitrogen and oxygen atoms in total. The monoisotopic (exact) mass is 475 g/mol. The lowest BCUT2D eigenvalue weighted by molar-refractivity contribution is -0.121. The van der Waals surface area contributed by atoms with Crippen molar-refractivity contribution in [1.29, 1.82) is 0 Å². The number of nitrogens with two attached hydrogens (primary N) is 1. The van der Waals surface area contributed by atoms with E-state index in [1.54, 1.807) is 48.5 Å². The fourth-order valence-electron chi connectivity index (χ4n) is 3.49. The number of hydrogen-bond acceptors (Lipinski definition) is 6. The van der Waals surface area contributed by atoms with E-state index in [1.807, 2.05) is 0 Å². The van der Waals surface area contributed by atoms with Gasteiger partial charge >= 0.3 is 0 Å². The van der Waals surface area contributed by atoms with E-state index in [1.165, 1.54) is 43.1 Å². The lowest BCUT2D eigenvalue weighted by Gasteiger charge is -2.15. The maximum absolute atomic E-state index is 12.9. The van der Waals surface area contributed by atoms with Gasteiger partial charge in [0, 0.05) is 28.1 Å². The first kappa shape index (κ1) is 23.1. The number of primary amides is 1. The van der Waals surface area contributed by atoms with Gasteiger partial charge in [-0.25, -0.2) is 4.90 Å². The Balaban J connectivity index is 1.40. The molecule has 1 atom stereocenters. The fraction of sp³-hybridized carbons (Fsp3) is 0.120. The molecule has 3 N–H and O–H groups in total. The minimum atomic E-state index is -0.581. The minimum Gasteiger partial charge on any atom is -0.497 e. The number of nitrogens with zero attached hydrogens (tertiary/aromatic N) is 1. The summed E-state index contributed by atoms with van der Waals surface area (Å²) in [5.41, 5.74) is 7.01. The Morgan fingerprint density at radius 1 is 1.00 bits per heavy atom. The molecule has 0 radical (unpaired) electrons. The largest absolute Gasteiger partial charge is 0.497 e. The highest BCUT2D eigenvalue weighted by atomic mass is 32.2. The summed E-state index contributed by atoms with van der Waals surface area (Å²) < 4.78 is 5.14. The smallest absolute Gasteiger partial charge is 0.255 e. The first-order chi connectivity index (χ1) is 16.4. The summed E-state index contributed by atoms with van der Waals surface area (Å²) in [4.78, 5) is 51.0. The van der Waals surface area contributed by atoms with E-state index in [0.29, 0.717) is 28.3 Å². The zero-order valence-corrected chi connectivity index (χ0v) is 19.0. The summed E-state index contributed by atoms with van der Waals surface area (Å²) in [5, 5.41) is 2.25. The topological polar surface area (TPSA) is 119 Å². The molecule has 1 unspecified atom stereocenters. The van der Waals surface area contributed by atoms with Crippen LogP contribution >= 0.6 is 11.8 Å². The van der Waals surface area contributed by atoms with Crippen molar-refractivity contribution in [2.24, 2.45) is 5.73 Å². The number of nitrogens with one attached hydrogen (secondary N) is 1. The van der Waals surface area contributed by atoms with E-state index in [9.17, 15) is 19.2 Å². The van der Waals surface area contributed by atoms with Crippen LogP contribution in [0.5, 0.6) is 5.75 Å². The molecule has 172 valence electrons. The summed E-state index contributed by atoms with van der Waals surface area (Å²) in [6, 6.07) is 19.9. The average molecular weight is 476 g/mol. The number of rotatable bonds is 7. The van der Waals surface area contributed by atoms with Crippen molar-refractivity contribution in [2.45, 2.75) is 16.6 Å². The van der Waals surface area contributed by atoms with Crippen LogP contribution in [-0.4, -0.2) is 36.0 Å². The number of benzene rings is 3. The van der Waals surface area contributed by atoms with E-state index in [0.717, 1.165) is 9.80 Å². The van der Waals surface area contributed by atoms with Gasteiger partial charge in [0.2, 0.25) is 17.7 Å².